The van der Waals surface area contributed by atoms with Crippen LogP contribution in [-0.2, 0) is 4.79 Å². The second kappa shape index (κ2) is 6.23. The normalized spacial score (nSPS) is 12.3. The number of nitrogens with zero attached hydrogens (tertiary/aromatic N) is 1. The largest absolute Gasteiger partial charge is 0.480 e. The van der Waals surface area contributed by atoms with E-state index in [2.05, 4.69) is 5.32 Å². The Labute approximate surface area is 88.9 Å². The van der Waals surface area contributed by atoms with Gasteiger partial charge in [0.2, 0.25) is 0 Å². The highest BCUT2D eigenvalue weighted by Gasteiger charge is 2.22. The maximum absolute atomic E-state index is 11.5. The lowest BCUT2D eigenvalue weighted by Crippen LogP contribution is -2.51. The highest BCUT2D eigenvalue weighted by atomic mass is 16.4. The Hall–Kier alpha value is -1.30. The quantitative estimate of drug-likeness (QED) is 0.599. The number of urea groups is 1. The molecule has 1 atom stereocenters. The molecule has 0 fully saturated rings. The molecule has 0 bridgehead atoms. The number of carboxylic acids is 1. The Bertz CT molecular complexity index is 230. The Balaban J connectivity index is 4.38. The van der Waals surface area contributed by atoms with Gasteiger partial charge < -0.3 is 20.4 Å². The van der Waals surface area contributed by atoms with Crippen LogP contribution in [0.4, 0.5) is 4.79 Å². The molecule has 0 aliphatic heterocycles. The van der Waals surface area contributed by atoms with Gasteiger partial charge in [-0.05, 0) is 20.8 Å². The van der Waals surface area contributed by atoms with Crippen molar-refractivity contribution in [3.05, 3.63) is 0 Å². The van der Waals surface area contributed by atoms with Crippen molar-refractivity contribution in [1.29, 1.82) is 0 Å². The van der Waals surface area contributed by atoms with Gasteiger partial charge >= 0.3 is 12.0 Å². The minimum Gasteiger partial charge on any atom is -0.480 e. The number of rotatable bonds is 5. The lowest BCUT2D eigenvalue weighted by atomic mass is 10.3. The molecule has 88 valence electrons. The van der Waals surface area contributed by atoms with Gasteiger partial charge in [0.05, 0.1) is 6.61 Å². The fraction of sp³-hybridized carbons (Fsp3) is 0.778. The number of hydrogen-bond acceptors (Lipinski definition) is 3. The zero-order valence-corrected chi connectivity index (χ0v) is 9.23. The molecule has 0 rings (SSSR count). The molecule has 0 saturated heterocycles. The van der Waals surface area contributed by atoms with E-state index in [1.54, 1.807) is 6.92 Å². The Morgan fingerprint density at radius 2 is 1.93 bits per heavy atom. The van der Waals surface area contributed by atoms with E-state index in [0.29, 0.717) is 6.54 Å². The maximum Gasteiger partial charge on any atom is 0.328 e. The van der Waals surface area contributed by atoms with Gasteiger partial charge in [-0.3, -0.25) is 0 Å². The number of amides is 2. The van der Waals surface area contributed by atoms with Crippen molar-refractivity contribution < 1.29 is 19.8 Å². The van der Waals surface area contributed by atoms with E-state index >= 15 is 0 Å². The molecule has 0 aliphatic rings. The fourth-order valence-electron chi connectivity index (χ4n) is 1.16. The number of aliphatic hydroxyl groups is 1. The minimum atomic E-state index is -1.25. The molecule has 0 saturated carbocycles. The first-order valence-corrected chi connectivity index (χ1v) is 4.84. The minimum absolute atomic E-state index is 0.0110. The van der Waals surface area contributed by atoms with E-state index in [1.165, 1.54) is 4.90 Å². The van der Waals surface area contributed by atoms with Crippen LogP contribution >= 0.6 is 0 Å². The molecule has 0 spiro atoms. The number of nitrogens with one attached hydrogen (secondary N) is 1. The monoisotopic (exact) mass is 218 g/mol. The lowest BCUT2D eigenvalue weighted by Gasteiger charge is -2.26. The third-order valence-corrected chi connectivity index (χ3v) is 2.00. The molecule has 6 heteroatoms. The van der Waals surface area contributed by atoms with Crippen LogP contribution in [-0.4, -0.2) is 52.3 Å². The Morgan fingerprint density at radius 1 is 1.40 bits per heavy atom. The third kappa shape index (κ3) is 4.16. The standard InChI is InChI=1S/C9H18N2O4/c1-4-11(6(2)3)9(15)10-7(5-12)8(13)14/h6-7,12H,4-5H2,1-3H3,(H,10,15)(H,13,14)/t7-/m0/s1. The van der Waals surface area contributed by atoms with Crippen LogP contribution in [0, 0.1) is 0 Å². The van der Waals surface area contributed by atoms with Gasteiger partial charge in [0.25, 0.3) is 0 Å². The zero-order chi connectivity index (χ0) is 12.0. The SMILES string of the molecule is CCN(C(=O)N[C@@H](CO)C(=O)O)C(C)C. The summed E-state index contributed by atoms with van der Waals surface area (Å²) < 4.78 is 0. The van der Waals surface area contributed by atoms with E-state index in [4.69, 9.17) is 10.2 Å². The van der Waals surface area contributed by atoms with Crippen molar-refractivity contribution in [1.82, 2.24) is 10.2 Å². The summed E-state index contributed by atoms with van der Waals surface area (Å²) in [6, 6.07) is -1.73. The number of aliphatic carboxylic acids is 1. The molecular formula is C9H18N2O4. The van der Waals surface area contributed by atoms with Crippen molar-refractivity contribution in [3.63, 3.8) is 0 Å². The van der Waals surface area contributed by atoms with Crippen LogP contribution in [0.15, 0.2) is 0 Å². The van der Waals surface area contributed by atoms with Gasteiger partial charge in [0.1, 0.15) is 0 Å². The Kier molecular flexibility index (Phi) is 5.69. The first-order chi connectivity index (χ1) is 6.93. The molecule has 15 heavy (non-hydrogen) atoms. The summed E-state index contributed by atoms with van der Waals surface area (Å²) in [5.74, 6) is -1.24. The van der Waals surface area contributed by atoms with Crippen molar-refractivity contribution >= 4 is 12.0 Å². The second-order valence-electron chi connectivity index (χ2n) is 3.40. The van der Waals surface area contributed by atoms with Gasteiger partial charge in [0.15, 0.2) is 6.04 Å². The first-order valence-electron chi connectivity index (χ1n) is 4.84. The van der Waals surface area contributed by atoms with E-state index in [1.807, 2.05) is 13.8 Å². The predicted molar refractivity (Wildman–Crippen MR) is 54.6 cm³/mol. The topological polar surface area (TPSA) is 89.9 Å². The van der Waals surface area contributed by atoms with Crippen LogP contribution in [0.1, 0.15) is 20.8 Å². The highest BCUT2D eigenvalue weighted by molar-refractivity contribution is 5.82. The molecular weight excluding hydrogens is 200 g/mol. The average Bonchev–Trinajstić information content (AvgIpc) is 2.14. The summed E-state index contributed by atoms with van der Waals surface area (Å²) in [7, 11) is 0. The van der Waals surface area contributed by atoms with Gasteiger partial charge in [-0.1, -0.05) is 0 Å². The van der Waals surface area contributed by atoms with Crippen molar-refractivity contribution in [2.75, 3.05) is 13.2 Å². The smallest absolute Gasteiger partial charge is 0.328 e. The molecule has 0 radical (unpaired) electrons. The molecule has 0 aromatic heterocycles. The highest BCUT2D eigenvalue weighted by Crippen LogP contribution is 1.98. The summed E-state index contributed by atoms with van der Waals surface area (Å²) in [6.07, 6.45) is 0. The van der Waals surface area contributed by atoms with E-state index in [-0.39, 0.29) is 6.04 Å². The number of carbonyl (C=O) groups excluding carboxylic acids is 1. The molecule has 6 nitrogen and oxygen atoms in total. The average molecular weight is 218 g/mol. The van der Waals surface area contributed by atoms with Gasteiger partial charge in [-0.15, -0.1) is 0 Å². The van der Waals surface area contributed by atoms with Crippen molar-refractivity contribution in [2.24, 2.45) is 0 Å². The van der Waals surface area contributed by atoms with Crippen LogP contribution in [0.25, 0.3) is 0 Å². The van der Waals surface area contributed by atoms with E-state index < -0.39 is 24.6 Å². The number of carboxylic acid groups (broad SMARTS) is 1. The predicted octanol–water partition coefficient (Wildman–Crippen LogP) is -0.128. The first kappa shape index (κ1) is 13.7. The van der Waals surface area contributed by atoms with E-state index in [0.717, 1.165) is 0 Å². The number of aliphatic hydroxyl groups excluding tert-OH is 1. The van der Waals surface area contributed by atoms with Gasteiger partial charge in [0, 0.05) is 12.6 Å². The molecule has 3 N–H and O–H groups in total. The fourth-order valence-corrected chi connectivity index (χ4v) is 1.16. The van der Waals surface area contributed by atoms with E-state index in [9.17, 15) is 9.59 Å². The molecule has 0 aromatic rings. The summed E-state index contributed by atoms with van der Waals surface area (Å²) >= 11 is 0. The maximum atomic E-state index is 11.5. The molecule has 2 amide bonds. The number of carbonyl (C=O) groups is 2. The summed E-state index contributed by atoms with van der Waals surface area (Å²) in [6.45, 7) is 5.34. The van der Waals surface area contributed by atoms with Crippen LogP contribution in [0.5, 0.6) is 0 Å². The lowest BCUT2D eigenvalue weighted by molar-refractivity contribution is -0.140. The number of hydrogen-bond donors (Lipinski definition) is 3. The van der Waals surface area contributed by atoms with Gasteiger partial charge in [-0.2, -0.15) is 0 Å². The Morgan fingerprint density at radius 3 is 2.20 bits per heavy atom. The zero-order valence-electron chi connectivity index (χ0n) is 9.23. The van der Waals surface area contributed by atoms with Crippen molar-refractivity contribution in [3.8, 4) is 0 Å². The summed E-state index contributed by atoms with van der Waals surface area (Å²) in [5, 5.41) is 19.6. The summed E-state index contributed by atoms with van der Waals surface area (Å²) in [4.78, 5) is 23.6. The molecule has 0 heterocycles. The second-order valence-corrected chi connectivity index (χ2v) is 3.40. The van der Waals surface area contributed by atoms with Crippen LogP contribution in [0.2, 0.25) is 0 Å². The van der Waals surface area contributed by atoms with Crippen molar-refractivity contribution in [2.45, 2.75) is 32.9 Å². The van der Waals surface area contributed by atoms with Crippen LogP contribution in [0.3, 0.4) is 0 Å². The summed E-state index contributed by atoms with van der Waals surface area (Å²) in [5.41, 5.74) is 0. The molecule has 0 aliphatic carbocycles. The van der Waals surface area contributed by atoms with Crippen LogP contribution < -0.4 is 5.32 Å². The molecule has 0 unspecified atom stereocenters. The van der Waals surface area contributed by atoms with Gasteiger partial charge in [-0.25, -0.2) is 9.59 Å². The molecule has 0 aromatic carbocycles. The third-order valence-electron chi connectivity index (χ3n) is 2.00.